The van der Waals surface area contributed by atoms with Crippen molar-refractivity contribution in [2.45, 2.75) is 5.33 Å². The first-order chi connectivity index (χ1) is 5.79. The van der Waals surface area contributed by atoms with Crippen molar-refractivity contribution in [1.29, 1.82) is 0 Å². The lowest BCUT2D eigenvalue weighted by molar-refractivity contribution is 0.626. The van der Waals surface area contributed by atoms with Crippen LogP contribution in [0.1, 0.15) is 5.56 Å². The summed E-state index contributed by atoms with van der Waals surface area (Å²) in [7, 11) is 0. The second-order valence-corrected chi connectivity index (χ2v) is 3.05. The van der Waals surface area contributed by atoms with E-state index in [2.05, 4.69) is 20.9 Å². The van der Waals surface area contributed by atoms with E-state index in [-0.39, 0.29) is 6.01 Å². The molecule has 0 fully saturated rings. The molecule has 0 aliphatic carbocycles. The minimum atomic E-state index is 0.219. The van der Waals surface area contributed by atoms with E-state index in [0.717, 1.165) is 22.0 Å². The summed E-state index contributed by atoms with van der Waals surface area (Å²) in [5.74, 6) is 0. The van der Waals surface area contributed by atoms with Gasteiger partial charge in [0.1, 0.15) is 5.52 Å². The zero-order valence-corrected chi connectivity index (χ0v) is 7.84. The molecule has 3 nitrogen and oxygen atoms in total. The Kier molecular flexibility index (Phi) is 1.77. The number of nitrogen functional groups attached to an aromatic ring is 1. The molecule has 0 spiro atoms. The minimum Gasteiger partial charge on any atom is -0.424 e. The fraction of sp³-hybridized carbons (Fsp3) is 0.125. The molecular weight excluding hydrogens is 220 g/mol. The highest BCUT2D eigenvalue weighted by Gasteiger charge is 2.02. The van der Waals surface area contributed by atoms with Crippen LogP contribution in [-0.4, -0.2) is 4.98 Å². The topological polar surface area (TPSA) is 52.0 Å². The standard InChI is InChI=1S/C8H7BrN2O/c9-4-5-1-2-6-7(3-5)12-8(10)11-6/h1-3H,4H2,(H2,10,11). The van der Waals surface area contributed by atoms with Gasteiger partial charge < -0.3 is 10.2 Å². The van der Waals surface area contributed by atoms with Gasteiger partial charge in [-0.1, -0.05) is 22.0 Å². The third-order valence-corrected chi connectivity index (χ3v) is 2.27. The first-order valence-corrected chi connectivity index (χ1v) is 4.62. The maximum atomic E-state index is 5.39. The van der Waals surface area contributed by atoms with Crippen molar-refractivity contribution in [3.63, 3.8) is 0 Å². The summed E-state index contributed by atoms with van der Waals surface area (Å²) in [4.78, 5) is 3.98. The first-order valence-electron chi connectivity index (χ1n) is 3.50. The molecule has 0 saturated heterocycles. The Balaban J connectivity index is 2.66. The largest absolute Gasteiger partial charge is 0.424 e. The van der Waals surface area contributed by atoms with Crippen LogP contribution >= 0.6 is 15.9 Å². The molecule has 0 radical (unpaired) electrons. The van der Waals surface area contributed by atoms with Gasteiger partial charge in [0.05, 0.1) is 0 Å². The number of nitrogens with two attached hydrogens (primary N) is 1. The number of hydrogen-bond donors (Lipinski definition) is 1. The predicted octanol–water partition coefficient (Wildman–Crippen LogP) is 2.30. The number of fused-ring (bicyclic) bond motifs is 1. The Bertz CT molecular complexity index is 410. The maximum Gasteiger partial charge on any atom is 0.292 e. The Morgan fingerprint density at radius 3 is 3.08 bits per heavy atom. The van der Waals surface area contributed by atoms with Crippen LogP contribution in [0.5, 0.6) is 0 Å². The van der Waals surface area contributed by atoms with Gasteiger partial charge in [0.15, 0.2) is 5.58 Å². The highest BCUT2D eigenvalue weighted by Crippen LogP contribution is 2.19. The van der Waals surface area contributed by atoms with Gasteiger partial charge in [-0.25, -0.2) is 0 Å². The lowest BCUT2D eigenvalue weighted by Gasteiger charge is -1.91. The number of rotatable bonds is 1. The zero-order chi connectivity index (χ0) is 8.55. The fourth-order valence-electron chi connectivity index (χ4n) is 1.07. The summed E-state index contributed by atoms with van der Waals surface area (Å²) in [5, 5.41) is 0.809. The fourth-order valence-corrected chi connectivity index (χ4v) is 1.42. The second-order valence-electron chi connectivity index (χ2n) is 2.49. The molecule has 1 heterocycles. The van der Waals surface area contributed by atoms with E-state index >= 15 is 0 Å². The molecule has 0 saturated carbocycles. The molecule has 4 heteroatoms. The molecule has 2 N–H and O–H groups in total. The second kappa shape index (κ2) is 2.79. The van der Waals surface area contributed by atoms with Crippen LogP contribution in [0.15, 0.2) is 22.6 Å². The van der Waals surface area contributed by atoms with E-state index in [0.29, 0.717) is 0 Å². The van der Waals surface area contributed by atoms with E-state index in [1.54, 1.807) is 0 Å². The predicted molar refractivity (Wildman–Crippen MR) is 51.1 cm³/mol. The molecule has 0 bridgehead atoms. The van der Waals surface area contributed by atoms with E-state index in [1.165, 1.54) is 0 Å². The van der Waals surface area contributed by atoms with Crippen LogP contribution in [0, 0.1) is 0 Å². The summed E-state index contributed by atoms with van der Waals surface area (Å²) in [5.41, 5.74) is 8.09. The van der Waals surface area contributed by atoms with Gasteiger partial charge in [-0.15, -0.1) is 0 Å². The smallest absolute Gasteiger partial charge is 0.292 e. The van der Waals surface area contributed by atoms with Gasteiger partial charge in [-0.05, 0) is 17.7 Å². The van der Waals surface area contributed by atoms with E-state index in [1.807, 2.05) is 18.2 Å². The number of nitrogens with zero attached hydrogens (tertiary/aromatic N) is 1. The summed E-state index contributed by atoms with van der Waals surface area (Å²) in [6.07, 6.45) is 0. The average molecular weight is 227 g/mol. The van der Waals surface area contributed by atoms with Gasteiger partial charge in [0, 0.05) is 5.33 Å². The zero-order valence-electron chi connectivity index (χ0n) is 6.25. The Hall–Kier alpha value is -1.03. The highest BCUT2D eigenvalue weighted by molar-refractivity contribution is 9.08. The number of hydrogen-bond acceptors (Lipinski definition) is 3. The Morgan fingerprint density at radius 1 is 1.50 bits per heavy atom. The van der Waals surface area contributed by atoms with Gasteiger partial charge in [-0.2, -0.15) is 4.98 Å². The highest BCUT2D eigenvalue weighted by atomic mass is 79.9. The van der Waals surface area contributed by atoms with Crippen LogP contribution in [-0.2, 0) is 5.33 Å². The van der Waals surface area contributed by atoms with Gasteiger partial charge in [0.25, 0.3) is 6.01 Å². The third-order valence-electron chi connectivity index (χ3n) is 1.62. The van der Waals surface area contributed by atoms with Gasteiger partial charge in [-0.3, -0.25) is 0 Å². The van der Waals surface area contributed by atoms with Crippen LogP contribution < -0.4 is 5.73 Å². The summed E-state index contributed by atoms with van der Waals surface area (Å²) < 4.78 is 5.16. The number of halogens is 1. The van der Waals surface area contributed by atoms with E-state index < -0.39 is 0 Å². The molecule has 12 heavy (non-hydrogen) atoms. The van der Waals surface area contributed by atoms with Crippen LogP contribution in [0.25, 0.3) is 11.1 Å². The minimum absolute atomic E-state index is 0.219. The lowest BCUT2D eigenvalue weighted by atomic mass is 10.2. The number of aromatic nitrogens is 1. The van der Waals surface area contributed by atoms with Gasteiger partial charge >= 0.3 is 0 Å². The molecule has 0 unspecified atom stereocenters. The monoisotopic (exact) mass is 226 g/mol. The molecule has 0 aliphatic rings. The van der Waals surface area contributed by atoms with Crippen molar-refractivity contribution in [2.75, 3.05) is 5.73 Å². The molecule has 0 aliphatic heterocycles. The normalized spacial score (nSPS) is 10.8. The SMILES string of the molecule is Nc1nc2ccc(CBr)cc2o1. The van der Waals surface area contributed by atoms with Gasteiger partial charge in [0.2, 0.25) is 0 Å². The Morgan fingerprint density at radius 2 is 2.33 bits per heavy atom. The maximum absolute atomic E-state index is 5.39. The van der Waals surface area contributed by atoms with Crippen molar-refractivity contribution < 1.29 is 4.42 Å². The van der Waals surface area contributed by atoms with Crippen molar-refractivity contribution in [3.05, 3.63) is 23.8 Å². The molecule has 2 aromatic rings. The first kappa shape index (κ1) is 7.61. The summed E-state index contributed by atoms with van der Waals surface area (Å²) >= 11 is 3.36. The van der Waals surface area contributed by atoms with E-state index in [4.69, 9.17) is 10.2 Å². The van der Waals surface area contributed by atoms with Crippen molar-refractivity contribution in [3.8, 4) is 0 Å². The van der Waals surface area contributed by atoms with Crippen LogP contribution in [0.3, 0.4) is 0 Å². The quantitative estimate of drug-likeness (QED) is 0.760. The van der Waals surface area contributed by atoms with Crippen LogP contribution in [0.4, 0.5) is 6.01 Å². The Labute approximate surface area is 77.7 Å². The molecule has 62 valence electrons. The molecular formula is C8H7BrN2O. The molecule has 1 aromatic heterocycles. The number of anilines is 1. The third kappa shape index (κ3) is 1.18. The van der Waals surface area contributed by atoms with Crippen molar-refractivity contribution in [1.82, 2.24) is 4.98 Å². The number of alkyl halides is 1. The van der Waals surface area contributed by atoms with E-state index in [9.17, 15) is 0 Å². The molecule has 1 aromatic carbocycles. The average Bonchev–Trinajstić information content (AvgIpc) is 2.43. The molecule has 2 rings (SSSR count). The summed E-state index contributed by atoms with van der Waals surface area (Å²) in [6, 6.07) is 6.02. The van der Waals surface area contributed by atoms with Crippen molar-refractivity contribution in [2.24, 2.45) is 0 Å². The molecule has 0 amide bonds. The number of benzene rings is 1. The van der Waals surface area contributed by atoms with Crippen molar-refractivity contribution >= 4 is 33.0 Å². The summed E-state index contributed by atoms with van der Waals surface area (Å²) in [6.45, 7) is 0. The van der Waals surface area contributed by atoms with Crippen LogP contribution in [0.2, 0.25) is 0 Å². The lowest BCUT2D eigenvalue weighted by Crippen LogP contribution is -1.80. The molecule has 0 atom stereocenters. The number of oxazole rings is 1.